The highest BCUT2D eigenvalue weighted by molar-refractivity contribution is 5.92. The summed E-state index contributed by atoms with van der Waals surface area (Å²) in [5.74, 6) is 2.41. The number of rotatable bonds is 10. The van der Waals surface area contributed by atoms with E-state index in [0.29, 0.717) is 23.4 Å². The summed E-state index contributed by atoms with van der Waals surface area (Å²) >= 11 is 0. The number of nitrogens with two attached hydrogens (primary N) is 1. The van der Waals surface area contributed by atoms with Gasteiger partial charge in [-0.05, 0) is 30.9 Å². The monoisotopic (exact) mass is 321 g/mol. The van der Waals surface area contributed by atoms with Crippen molar-refractivity contribution in [3.05, 3.63) is 18.2 Å². The van der Waals surface area contributed by atoms with Crippen LogP contribution in [-0.4, -0.2) is 26.7 Å². The molecule has 1 atom stereocenters. The van der Waals surface area contributed by atoms with Gasteiger partial charge in [-0.2, -0.15) is 0 Å². The largest absolute Gasteiger partial charge is 0.493 e. The third-order valence-electron chi connectivity index (χ3n) is 3.84. The third-order valence-corrected chi connectivity index (χ3v) is 3.84. The topological polar surface area (TPSA) is 68.9 Å². The maximum absolute atomic E-state index is 6.01. The maximum Gasteiger partial charge on any atom is 0.193 e. The van der Waals surface area contributed by atoms with Crippen LogP contribution in [0.25, 0.3) is 0 Å². The molecule has 0 aliphatic heterocycles. The second-order valence-electron chi connectivity index (χ2n) is 5.72. The van der Waals surface area contributed by atoms with Gasteiger partial charge in [0, 0.05) is 18.3 Å². The van der Waals surface area contributed by atoms with Crippen LogP contribution in [0.2, 0.25) is 0 Å². The lowest BCUT2D eigenvalue weighted by Gasteiger charge is -2.14. The van der Waals surface area contributed by atoms with Crippen molar-refractivity contribution in [1.82, 2.24) is 0 Å². The predicted molar refractivity (Wildman–Crippen MR) is 97.6 cm³/mol. The Morgan fingerprint density at radius 2 is 1.87 bits per heavy atom. The first-order valence-corrected chi connectivity index (χ1v) is 8.43. The van der Waals surface area contributed by atoms with Crippen LogP contribution < -0.4 is 20.5 Å². The van der Waals surface area contributed by atoms with Crippen LogP contribution in [0.15, 0.2) is 23.2 Å². The van der Waals surface area contributed by atoms with Crippen LogP contribution in [0.3, 0.4) is 0 Å². The first-order valence-electron chi connectivity index (χ1n) is 8.43. The van der Waals surface area contributed by atoms with Crippen molar-refractivity contribution >= 4 is 11.6 Å². The van der Waals surface area contributed by atoms with Gasteiger partial charge in [0.05, 0.1) is 14.2 Å². The van der Waals surface area contributed by atoms with E-state index in [2.05, 4.69) is 24.2 Å². The number of benzene rings is 1. The Labute approximate surface area is 140 Å². The van der Waals surface area contributed by atoms with E-state index in [-0.39, 0.29) is 0 Å². The molecule has 3 N–H and O–H groups in total. The normalized spacial score (nSPS) is 12.8. The summed E-state index contributed by atoms with van der Waals surface area (Å²) in [6, 6.07) is 5.59. The third kappa shape index (κ3) is 6.80. The molecule has 0 heterocycles. The fourth-order valence-corrected chi connectivity index (χ4v) is 2.56. The zero-order valence-corrected chi connectivity index (χ0v) is 14.9. The maximum atomic E-state index is 6.01. The van der Waals surface area contributed by atoms with E-state index in [4.69, 9.17) is 15.2 Å². The zero-order valence-electron chi connectivity index (χ0n) is 14.9. The molecule has 130 valence electrons. The van der Waals surface area contributed by atoms with Gasteiger partial charge in [0.2, 0.25) is 0 Å². The molecule has 0 bridgehead atoms. The summed E-state index contributed by atoms with van der Waals surface area (Å²) in [6.07, 6.45) is 6.09. The van der Waals surface area contributed by atoms with Gasteiger partial charge in [-0.3, -0.25) is 4.99 Å². The van der Waals surface area contributed by atoms with Crippen molar-refractivity contribution < 1.29 is 9.47 Å². The van der Waals surface area contributed by atoms with E-state index in [0.717, 1.165) is 12.2 Å². The van der Waals surface area contributed by atoms with E-state index < -0.39 is 0 Å². The average Bonchev–Trinajstić information content (AvgIpc) is 2.57. The number of hydrogen-bond acceptors (Lipinski definition) is 3. The molecule has 0 aliphatic carbocycles. The second-order valence-corrected chi connectivity index (χ2v) is 5.72. The molecule has 0 aliphatic rings. The molecule has 1 rings (SSSR count). The van der Waals surface area contributed by atoms with Gasteiger partial charge >= 0.3 is 0 Å². The van der Waals surface area contributed by atoms with Gasteiger partial charge in [0.25, 0.3) is 0 Å². The number of methoxy groups -OCH3 is 2. The highest BCUT2D eigenvalue weighted by Gasteiger charge is 2.08. The number of nitrogens with zero attached hydrogens (tertiary/aromatic N) is 1. The molecule has 23 heavy (non-hydrogen) atoms. The lowest BCUT2D eigenvalue weighted by Crippen LogP contribution is -2.24. The van der Waals surface area contributed by atoms with Crippen molar-refractivity contribution in [2.24, 2.45) is 16.6 Å². The van der Waals surface area contributed by atoms with Crippen molar-refractivity contribution in [2.45, 2.75) is 46.0 Å². The molecule has 1 aromatic carbocycles. The Hall–Kier alpha value is -1.91. The summed E-state index contributed by atoms with van der Waals surface area (Å²) < 4.78 is 10.5. The van der Waals surface area contributed by atoms with Gasteiger partial charge in [-0.1, -0.05) is 33.1 Å². The van der Waals surface area contributed by atoms with Crippen LogP contribution in [-0.2, 0) is 0 Å². The van der Waals surface area contributed by atoms with Gasteiger partial charge in [-0.25, -0.2) is 0 Å². The molecule has 0 saturated heterocycles. The minimum atomic E-state index is 0.440. The van der Waals surface area contributed by atoms with Crippen molar-refractivity contribution in [3.8, 4) is 11.5 Å². The van der Waals surface area contributed by atoms with Gasteiger partial charge in [0.1, 0.15) is 0 Å². The number of anilines is 1. The number of unbranched alkanes of at least 4 members (excludes halogenated alkanes) is 1. The van der Waals surface area contributed by atoms with E-state index in [1.807, 2.05) is 18.2 Å². The Morgan fingerprint density at radius 3 is 2.48 bits per heavy atom. The van der Waals surface area contributed by atoms with E-state index in [1.165, 1.54) is 32.1 Å². The quantitative estimate of drug-likeness (QED) is 0.504. The minimum Gasteiger partial charge on any atom is -0.493 e. The summed E-state index contributed by atoms with van der Waals surface area (Å²) in [4.78, 5) is 4.50. The lowest BCUT2D eigenvalue weighted by molar-refractivity contribution is 0.355. The first kappa shape index (κ1) is 19.1. The van der Waals surface area contributed by atoms with Crippen molar-refractivity contribution in [1.29, 1.82) is 0 Å². The van der Waals surface area contributed by atoms with Gasteiger partial charge < -0.3 is 20.5 Å². The van der Waals surface area contributed by atoms with E-state index >= 15 is 0 Å². The Bertz CT molecular complexity index is 489. The number of aliphatic imine (C=N–C) groups is 1. The van der Waals surface area contributed by atoms with Gasteiger partial charge in [0.15, 0.2) is 17.5 Å². The van der Waals surface area contributed by atoms with E-state index in [1.54, 1.807) is 14.2 Å². The smallest absolute Gasteiger partial charge is 0.193 e. The summed E-state index contributed by atoms with van der Waals surface area (Å²) in [6.45, 7) is 5.22. The van der Waals surface area contributed by atoms with Crippen LogP contribution in [0.5, 0.6) is 11.5 Å². The highest BCUT2D eigenvalue weighted by atomic mass is 16.5. The summed E-state index contributed by atoms with van der Waals surface area (Å²) in [5.41, 5.74) is 6.85. The van der Waals surface area contributed by atoms with Crippen LogP contribution >= 0.6 is 0 Å². The average molecular weight is 321 g/mol. The Balaban J connectivity index is 2.64. The number of hydrogen-bond donors (Lipinski definition) is 2. The molecule has 0 aromatic heterocycles. The molecule has 0 amide bonds. The number of guanidine groups is 1. The highest BCUT2D eigenvalue weighted by Crippen LogP contribution is 2.29. The Morgan fingerprint density at radius 1 is 1.13 bits per heavy atom. The summed E-state index contributed by atoms with van der Waals surface area (Å²) in [7, 11) is 3.23. The zero-order chi connectivity index (χ0) is 17.1. The number of ether oxygens (including phenoxy) is 2. The fraction of sp³-hybridized carbons (Fsp3) is 0.611. The Kier molecular flexibility index (Phi) is 8.95. The van der Waals surface area contributed by atoms with Crippen molar-refractivity contribution in [2.75, 3.05) is 26.1 Å². The molecule has 0 radical (unpaired) electrons. The predicted octanol–water partition coefficient (Wildman–Crippen LogP) is 4.04. The van der Waals surface area contributed by atoms with Crippen LogP contribution in [0.4, 0.5) is 5.69 Å². The molecule has 5 nitrogen and oxygen atoms in total. The van der Waals surface area contributed by atoms with E-state index in [9.17, 15) is 0 Å². The molecular weight excluding hydrogens is 290 g/mol. The van der Waals surface area contributed by atoms with Crippen LogP contribution in [0, 0.1) is 5.92 Å². The minimum absolute atomic E-state index is 0.440. The fourth-order valence-electron chi connectivity index (χ4n) is 2.56. The lowest BCUT2D eigenvalue weighted by atomic mass is 9.97. The first-order chi connectivity index (χ1) is 11.1. The second kappa shape index (κ2) is 10.8. The molecule has 0 saturated carbocycles. The molecule has 0 spiro atoms. The standard InChI is InChI=1S/C18H31N3O2/c1-5-7-9-14(8-6-2)13-20-18(19)21-15-10-11-16(22-3)17(12-15)23-4/h10-12,14H,5-9,13H2,1-4H3,(H3,19,20,21). The summed E-state index contributed by atoms with van der Waals surface area (Å²) in [5, 5.41) is 3.11. The molecule has 0 fully saturated rings. The molecular formula is C18H31N3O2. The van der Waals surface area contributed by atoms with Crippen LogP contribution in [0.1, 0.15) is 46.0 Å². The van der Waals surface area contributed by atoms with Crippen molar-refractivity contribution in [3.63, 3.8) is 0 Å². The number of nitrogens with one attached hydrogen (secondary N) is 1. The van der Waals surface area contributed by atoms with Gasteiger partial charge in [-0.15, -0.1) is 0 Å². The molecule has 1 unspecified atom stereocenters. The molecule has 5 heteroatoms. The SMILES string of the molecule is CCCCC(CCC)CN=C(N)Nc1ccc(OC)c(OC)c1. The molecule has 1 aromatic rings.